The fraction of sp³-hybridized carbons (Fsp3) is 0.429. The van der Waals surface area contributed by atoms with E-state index in [0.717, 1.165) is 36.8 Å². The van der Waals surface area contributed by atoms with Crippen LogP contribution in [0.5, 0.6) is 0 Å². The normalized spacial score (nSPS) is 10.8. The first-order valence-corrected chi connectivity index (χ1v) is 6.40. The highest BCUT2D eigenvalue weighted by Gasteiger charge is 2.06. The summed E-state index contributed by atoms with van der Waals surface area (Å²) in [4.78, 5) is 8.98. The van der Waals surface area contributed by atoms with Crippen LogP contribution in [0.3, 0.4) is 0 Å². The van der Waals surface area contributed by atoms with Gasteiger partial charge in [-0.3, -0.25) is 4.57 Å². The first-order chi connectivity index (χ1) is 8.70. The predicted octanol–water partition coefficient (Wildman–Crippen LogP) is 2.38. The zero-order valence-electron chi connectivity index (χ0n) is 11.3. The Morgan fingerprint density at radius 2 is 1.94 bits per heavy atom. The van der Waals surface area contributed by atoms with Crippen molar-refractivity contribution in [3.05, 3.63) is 41.5 Å². The lowest BCUT2D eigenvalue weighted by molar-refractivity contribution is 0.651. The van der Waals surface area contributed by atoms with Crippen LogP contribution in [0.2, 0.25) is 0 Å². The molecule has 0 amide bonds. The molecule has 0 fully saturated rings. The van der Waals surface area contributed by atoms with Gasteiger partial charge in [0.2, 0.25) is 5.95 Å². The molecule has 4 nitrogen and oxygen atoms in total. The van der Waals surface area contributed by atoms with Gasteiger partial charge in [0.05, 0.1) is 0 Å². The van der Waals surface area contributed by atoms with Gasteiger partial charge in [-0.15, -0.1) is 0 Å². The van der Waals surface area contributed by atoms with Gasteiger partial charge in [0.1, 0.15) is 0 Å². The lowest BCUT2D eigenvalue weighted by Crippen LogP contribution is -2.17. The molecule has 0 aliphatic heterocycles. The van der Waals surface area contributed by atoms with Crippen LogP contribution in [-0.4, -0.2) is 21.1 Å². The van der Waals surface area contributed by atoms with E-state index in [1.165, 1.54) is 5.69 Å². The Morgan fingerprint density at radius 1 is 1.22 bits per heavy atom. The van der Waals surface area contributed by atoms with Crippen molar-refractivity contribution in [1.82, 2.24) is 19.9 Å². The number of nitrogens with zero attached hydrogens (tertiary/aromatic N) is 3. The summed E-state index contributed by atoms with van der Waals surface area (Å²) < 4.78 is 2.04. The van der Waals surface area contributed by atoms with Crippen molar-refractivity contribution >= 4 is 0 Å². The Labute approximate surface area is 108 Å². The molecule has 2 rings (SSSR count). The van der Waals surface area contributed by atoms with Gasteiger partial charge in [-0.2, -0.15) is 0 Å². The largest absolute Gasteiger partial charge is 0.311 e. The highest BCUT2D eigenvalue weighted by Crippen LogP contribution is 2.10. The molecule has 0 radical (unpaired) electrons. The highest BCUT2D eigenvalue weighted by atomic mass is 15.2. The van der Waals surface area contributed by atoms with Crippen LogP contribution in [0.25, 0.3) is 5.95 Å². The minimum atomic E-state index is 0.755. The maximum Gasteiger partial charge on any atom is 0.234 e. The molecular formula is C14H20N4. The summed E-state index contributed by atoms with van der Waals surface area (Å²) >= 11 is 0. The molecule has 0 aliphatic carbocycles. The van der Waals surface area contributed by atoms with E-state index < -0.39 is 0 Å². The van der Waals surface area contributed by atoms with Crippen LogP contribution in [0.15, 0.2) is 24.4 Å². The molecule has 0 unspecified atom stereocenters. The van der Waals surface area contributed by atoms with Crippen molar-refractivity contribution in [2.75, 3.05) is 6.54 Å². The molecule has 2 heterocycles. The number of nitrogens with one attached hydrogen (secondary N) is 1. The van der Waals surface area contributed by atoms with E-state index >= 15 is 0 Å². The Balaban J connectivity index is 2.24. The second kappa shape index (κ2) is 5.78. The lowest BCUT2D eigenvalue weighted by Gasteiger charge is -2.09. The van der Waals surface area contributed by atoms with Crippen molar-refractivity contribution in [3.63, 3.8) is 0 Å². The van der Waals surface area contributed by atoms with Gasteiger partial charge in [-0.1, -0.05) is 6.92 Å². The van der Waals surface area contributed by atoms with Gasteiger partial charge in [-0.05, 0) is 45.0 Å². The third-order valence-corrected chi connectivity index (χ3v) is 2.75. The molecule has 0 aliphatic rings. The molecule has 0 atom stereocenters. The summed E-state index contributed by atoms with van der Waals surface area (Å²) in [7, 11) is 0. The van der Waals surface area contributed by atoms with Crippen molar-refractivity contribution in [1.29, 1.82) is 0 Å². The maximum atomic E-state index is 4.49. The molecule has 4 heteroatoms. The summed E-state index contributed by atoms with van der Waals surface area (Å²) in [5.41, 5.74) is 3.19. The van der Waals surface area contributed by atoms with E-state index in [4.69, 9.17) is 0 Å². The number of hydrogen-bond donors (Lipinski definition) is 1. The monoisotopic (exact) mass is 244 g/mol. The average Bonchev–Trinajstić information content (AvgIpc) is 2.76. The van der Waals surface area contributed by atoms with E-state index in [-0.39, 0.29) is 0 Å². The standard InChI is InChI=1S/C14H20N4/c1-4-7-15-10-13-6-5-8-18(13)14-16-11(2)9-12(3)17-14/h5-6,8-9,15H,4,7,10H2,1-3H3. The van der Waals surface area contributed by atoms with E-state index in [1.54, 1.807) is 0 Å². The van der Waals surface area contributed by atoms with Crippen LogP contribution in [0.1, 0.15) is 30.4 Å². The van der Waals surface area contributed by atoms with Gasteiger partial charge in [0, 0.05) is 29.8 Å². The smallest absolute Gasteiger partial charge is 0.234 e. The summed E-state index contributed by atoms with van der Waals surface area (Å²) in [6.45, 7) is 8.03. The molecule has 0 saturated carbocycles. The topological polar surface area (TPSA) is 42.7 Å². The molecule has 0 bridgehead atoms. The molecule has 2 aromatic heterocycles. The van der Waals surface area contributed by atoms with Crippen LogP contribution in [0.4, 0.5) is 0 Å². The zero-order chi connectivity index (χ0) is 13.0. The molecule has 0 saturated heterocycles. The second-order valence-electron chi connectivity index (χ2n) is 4.50. The van der Waals surface area contributed by atoms with Crippen LogP contribution >= 0.6 is 0 Å². The van der Waals surface area contributed by atoms with E-state index in [0.29, 0.717) is 0 Å². The average molecular weight is 244 g/mol. The van der Waals surface area contributed by atoms with Gasteiger partial charge in [0.25, 0.3) is 0 Å². The van der Waals surface area contributed by atoms with Crippen molar-refractivity contribution in [2.45, 2.75) is 33.7 Å². The lowest BCUT2D eigenvalue weighted by atomic mass is 10.3. The number of aromatic nitrogens is 3. The molecule has 0 aromatic carbocycles. The first kappa shape index (κ1) is 12.8. The molecule has 18 heavy (non-hydrogen) atoms. The Bertz CT molecular complexity index is 496. The molecule has 1 N–H and O–H groups in total. The predicted molar refractivity (Wildman–Crippen MR) is 72.8 cm³/mol. The summed E-state index contributed by atoms with van der Waals surface area (Å²) in [6, 6.07) is 6.12. The second-order valence-corrected chi connectivity index (χ2v) is 4.50. The molecule has 0 spiro atoms. The summed E-state index contributed by atoms with van der Waals surface area (Å²) in [5, 5.41) is 3.40. The van der Waals surface area contributed by atoms with Gasteiger partial charge >= 0.3 is 0 Å². The highest BCUT2D eigenvalue weighted by molar-refractivity contribution is 5.24. The number of hydrogen-bond acceptors (Lipinski definition) is 3. The summed E-state index contributed by atoms with van der Waals surface area (Å²) in [5.74, 6) is 0.755. The van der Waals surface area contributed by atoms with Gasteiger partial charge in [-0.25, -0.2) is 9.97 Å². The zero-order valence-corrected chi connectivity index (χ0v) is 11.3. The Morgan fingerprint density at radius 3 is 2.61 bits per heavy atom. The fourth-order valence-electron chi connectivity index (χ4n) is 1.96. The molecule has 96 valence electrons. The summed E-state index contributed by atoms with van der Waals surface area (Å²) in [6.07, 6.45) is 3.15. The van der Waals surface area contributed by atoms with Gasteiger partial charge < -0.3 is 5.32 Å². The van der Waals surface area contributed by atoms with Crippen LogP contribution in [0, 0.1) is 13.8 Å². The van der Waals surface area contributed by atoms with Crippen LogP contribution in [-0.2, 0) is 6.54 Å². The molecular weight excluding hydrogens is 224 g/mol. The van der Waals surface area contributed by atoms with Crippen molar-refractivity contribution in [2.24, 2.45) is 0 Å². The maximum absolute atomic E-state index is 4.49. The first-order valence-electron chi connectivity index (χ1n) is 6.40. The minimum Gasteiger partial charge on any atom is -0.311 e. The fourth-order valence-corrected chi connectivity index (χ4v) is 1.96. The van der Waals surface area contributed by atoms with Crippen molar-refractivity contribution in [3.8, 4) is 5.95 Å². The minimum absolute atomic E-state index is 0.755. The third-order valence-electron chi connectivity index (χ3n) is 2.75. The van der Waals surface area contributed by atoms with E-state index in [1.807, 2.05) is 36.7 Å². The van der Waals surface area contributed by atoms with E-state index in [2.05, 4.69) is 28.3 Å². The number of aryl methyl sites for hydroxylation is 2. The van der Waals surface area contributed by atoms with Gasteiger partial charge in [0.15, 0.2) is 0 Å². The van der Waals surface area contributed by atoms with E-state index in [9.17, 15) is 0 Å². The Hall–Kier alpha value is -1.68. The quantitative estimate of drug-likeness (QED) is 0.821. The SMILES string of the molecule is CCCNCc1cccn1-c1nc(C)cc(C)n1. The van der Waals surface area contributed by atoms with Crippen LogP contribution < -0.4 is 5.32 Å². The number of rotatable bonds is 5. The Kier molecular flexibility index (Phi) is 4.10. The third kappa shape index (κ3) is 2.96. The molecule has 2 aromatic rings. The van der Waals surface area contributed by atoms with Crippen molar-refractivity contribution < 1.29 is 0 Å².